The molecule has 0 spiro atoms. The fraction of sp³-hybridized carbons (Fsp3) is 0.273. The number of nitro groups is 1. The van der Waals surface area contributed by atoms with E-state index in [1.54, 1.807) is 41.3 Å². The Morgan fingerprint density at radius 2 is 1.68 bits per heavy atom. The standard InChI is InChI=1S/C44H47FN6O5/c1-7-48(8-2)23-22-46-43(52)42-29(3)38(47-30(42)4)26-37-36-25-34(45)17-21-39(36)49(44(37)53)28-51(5,6)27-31-14-20-40(50(54)55)41(24-31)56-35-18-15-33(16-19-35)32-12-10-9-11-13-32/h9-21,24-26H,7-8,22-23,27-28H2,1-6H3,(H-,46,47,52,53)/p+1. The van der Waals surface area contributed by atoms with Gasteiger partial charge in [0.2, 0.25) is 5.75 Å². The summed E-state index contributed by atoms with van der Waals surface area (Å²) in [5, 5.41) is 15.0. The topological polar surface area (TPSA) is 121 Å². The molecule has 2 amide bonds. The Kier molecular flexibility index (Phi) is 11.8. The SMILES string of the molecule is CCN(CC)CCNC(=O)c1c(C)[nH]c(/C=C2\C(=O)N(C[N+](C)(C)Cc3ccc([N+](=O)[O-])c(Oc4ccc(-c5ccccc5)cc4)c3)c3ccc(F)cc32)c1C. The maximum atomic E-state index is 14.7. The molecule has 290 valence electrons. The highest BCUT2D eigenvalue weighted by atomic mass is 19.1. The van der Waals surface area contributed by atoms with Crippen molar-refractivity contribution in [2.75, 3.05) is 51.8 Å². The minimum atomic E-state index is -0.473. The summed E-state index contributed by atoms with van der Waals surface area (Å²) in [6, 6.07) is 26.3. The third-order valence-electron chi connectivity index (χ3n) is 10.2. The highest BCUT2D eigenvalue weighted by Gasteiger charge is 2.37. The summed E-state index contributed by atoms with van der Waals surface area (Å²) < 4.78 is 21.1. The van der Waals surface area contributed by atoms with Crippen LogP contribution in [0.4, 0.5) is 15.8 Å². The minimum Gasteiger partial charge on any atom is -0.450 e. The van der Waals surface area contributed by atoms with Crippen LogP contribution in [0.15, 0.2) is 91.0 Å². The van der Waals surface area contributed by atoms with Crippen molar-refractivity contribution >= 4 is 34.8 Å². The number of carbonyl (C=O) groups excluding carboxylic acids is 2. The number of aryl methyl sites for hydroxylation is 1. The van der Waals surface area contributed by atoms with Crippen molar-refractivity contribution in [3.8, 4) is 22.6 Å². The Morgan fingerprint density at radius 1 is 0.982 bits per heavy atom. The number of quaternary nitrogens is 1. The summed E-state index contributed by atoms with van der Waals surface area (Å²) in [6.45, 7) is 11.5. The number of hydrogen-bond acceptors (Lipinski definition) is 6. The van der Waals surface area contributed by atoms with Crippen LogP contribution >= 0.6 is 0 Å². The molecule has 1 aliphatic heterocycles. The zero-order valence-electron chi connectivity index (χ0n) is 32.7. The number of benzene rings is 4. The van der Waals surface area contributed by atoms with Crippen LogP contribution in [0.25, 0.3) is 22.8 Å². The number of H-pyrrole nitrogens is 1. The van der Waals surface area contributed by atoms with Gasteiger partial charge in [0.25, 0.3) is 11.8 Å². The predicted octanol–water partition coefficient (Wildman–Crippen LogP) is 8.33. The number of likely N-dealkylation sites (N-methyl/N-ethyl adjacent to an activating group) is 1. The van der Waals surface area contributed by atoms with Crippen molar-refractivity contribution in [3.05, 3.63) is 141 Å². The fourth-order valence-corrected chi connectivity index (χ4v) is 7.26. The predicted molar refractivity (Wildman–Crippen MR) is 218 cm³/mol. The first-order chi connectivity index (χ1) is 26.8. The van der Waals surface area contributed by atoms with Gasteiger partial charge in [-0.1, -0.05) is 56.3 Å². The van der Waals surface area contributed by atoms with Gasteiger partial charge in [-0.05, 0) is 92.2 Å². The van der Waals surface area contributed by atoms with Crippen molar-refractivity contribution in [3.63, 3.8) is 0 Å². The van der Waals surface area contributed by atoms with Gasteiger partial charge in [0, 0.05) is 41.7 Å². The van der Waals surface area contributed by atoms with Gasteiger partial charge in [0.15, 0.2) is 6.67 Å². The summed E-state index contributed by atoms with van der Waals surface area (Å²) in [7, 11) is 3.90. The molecule has 2 N–H and O–H groups in total. The number of halogens is 1. The van der Waals surface area contributed by atoms with E-state index in [1.165, 1.54) is 18.2 Å². The largest absolute Gasteiger partial charge is 0.450 e. The average Bonchev–Trinajstić information content (AvgIpc) is 3.59. The summed E-state index contributed by atoms with van der Waals surface area (Å²) in [4.78, 5) is 46.1. The number of amides is 2. The molecule has 0 saturated carbocycles. The van der Waals surface area contributed by atoms with Crippen molar-refractivity contribution < 1.29 is 28.1 Å². The number of aromatic nitrogens is 1. The molecule has 6 rings (SSSR count). The van der Waals surface area contributed by atoms with Gasteiger partial charge >= 0.3 is 5.69 Å². The molecule has 56 heavy (non-hydrogen) atoms. The second-order valence-electron chi connectivity index (χ2n) is 14.7. The number of ether oxygens (including phenoxy) is 1. The molecule has 1 aromatic heterocycles. The van der Waals surface area contributed by atoms with Gasteiger partial charge in [-0.2, -0.15) is 0 Å². The molecule has 11 nitrogen and oxygen atoms in total. The molecule has 0 radical (unpaired) electrons. The number of anilines is 1. The van der Waals surface area contributed by atoms with Crippen LogP contribution in [-0.4, -0.2) is 78.0 Å². The normalized spacial score (nSPS) is 13.4. The molecule has 4 aromatic carbocycles. The summed E-state index contributed by atoms with van der Waals surface area (Å²) >= 11 is 0. The smallest absolute Gasteiger partial charge is 0.311 e. The van der Waals surface area contributed by atoms with E-state index in [4.69, 9.17) is 4.74 Å². The van der Waals surface area contributed by atoms with E-state index in [1.807, 2.05) is 70.4 Å². The van der Waals surface area contributed by atoms with Gasteiger partial charge in [0.05, 0.1) is 35.8 Å². The highest BCUT2D eigenvalue weighted by Crippen LogP contribution is 2.40. The molecular formula is C44H48FN6O5+. The van der Waals surface area contributed by atoms with E-state index in [9.17, 15) is 24.1 Å². The van der Waals surface area contributed by atoms with E-state index < -0.39 is 10.7 Å². The number of fused-ring (bicyclic) bond motifs is 1. The van der Waals surface area contributed by atoms with Gasteiger partial charge in [-0.25, -0.2) is 4.39 Å². The van der Waals surface area contributed by atoms with Crippen LogP contribution in [0.2, 0.25) is 0 Å². The molecule has 5 aromatic rings. The molecule has 0 unspecified atom stereocenters. The first-order valence-electron chi connectivity index (χ1n) is 18.7. The lowest BCUT2D eigenvalue weighted by atomic mass is 10.0. The van der Waals surface area contributed by atoms with Crippen LogP contribution in [0.1, 0.15) is 52.3 Å². The van der Waals surface area contributed by atoms with Gasteiger partial charge in [-0.15, -0.1) is 0 Å². The lowest BCUT2D eigenvalue weighted by Crippen LogP contribution is -2.49. The third-order valence-corrected chi connectivity index (χ3v) is 10.2. The number of rotatable bonds is 15. The quantitative estimate of drug-likeness (QED) is 0.0480. The maximum Gasteiger partial charge on any atom is 0.311 e. The van der Waals surface area contributed by atoms with Crippen molar-refractivity contribution in [2.45, 2.75) is 34.2 Å². The Hall–Kier alpha value is -6.11. The number of hydrogen-bond donors (Lipinski definition) is 2. The number of nitrogens with one attached hydrogen (secondary N) is 2. The Bertz CT molecular complexity index is 2280. The van der Waals surface area contributed by atoms with E-state index in [2.05, 4.69) is 29.0 Å². The molecular weight excluding hydrogens is 712 g/mol. The lowest BCUT2D eigenvalue weighted by Gasteiger charge is -2.34. The van der Waals surface area contributed by atoms with Crippen molar-refractivity contribution in [1.82, 2.24) is 15.2 Å². The first-order valence-corrected chi connectivity index (χ1v) is 18.7. The minimum absolute atomic E-state index is 0.108. The maximum absolute atomic E-state index is 14.7. The second kappa shape index (κ2) is 16.7. The Labute approximate surface area is 326 Å². The molecule has 0 atom stereocenters. The van der Waals surface area contributed by atoms with Crippen LogP contribution in [0.5, 0.6) is 11.5 Å². The van der Waals surface area contributed by atoms with Crippen LogP contribution in [-0.2, 0) is 11.3 Å². The van der Waals surface area contributed by atoms with E-state index in [0.29, 0.717) is 58.2 Å². The number of nitro benzene ring substituents is 1. The zero-order chi connectivity index (χ0) is 40.1. The monoisotopic (exact) mass is 759 g/mol. The highest BCUT2D eigenvalue weighted by molar-refractivity contribution is 6.35. The number of carbonyl (C=O) groups is 2. The second-order valence-corrected chi connectivity index (χ2v) is 14.7. The molecule has 0 bridgehead atoms. The van der Waals surface area contributed by atoms with E-state index in [0.717, 1.165) is 36.3 Å². The lowest BCUT2D eigenvalue weighted by molar-refractivity contribution is -0.902. The number of aromatic amines is 1. The first kappa shape index (κ1) is 39.6. The molecule has 1 aliphatic rings. The third kappa shape index (κ3) is 8.72. The van der Waals surface area contributed by atoms with Gasteiger partial charge < -0.3 is 24.4 Å². The fourth-order valence-electron chi connectivity index (χ4n) is 7.26. The molecule has 2 heterocycles. The van der Waals surface area contributed by atoms with Crippen LogP contribution in [0, 0.1) is 29.8 Å². The van der Waals surface area contributed by atoms with Crippen LogP contribution < -0.4 is 15.0 Å². The summed E-state index contributed by atoms with van der Waals surface area (Å²) in [5.74, 6) is -0.408. The zero-order valence-corrected chi connectivity index (χ0v) is 32.7. The molecule has 0 saturated heterocycles. The molecule has 12 heteroatoms. The van der Waals surface area contributed by atoms with E-state index in [-0.39, 0.29) is 34.4 Å². The van der Waals surface area contributed by atoms with Gasteiger partial charge in [0.1, 0.15) is 18.1 Å². The molecule has 0 fully saturated rings. The van der Waals surface area contributed by atoms with Crippen LogP contribution in [0.3, 0.4) is 0 Å². The van der Waals surface area contributed by atoms with Crippen molar-refractivity contribution in [2.24, 2.45) is 0 Å². The summed E-state index contributed by atoms with van der Waals surface area (Å²) in [5.41, 5.74) is 6.44. The summed E-state index contributed by atoms with van der Waals surface area (Å²) in [6.07, 6.45) is 1.70. The average molecular weight is 760 g/mol. The van der Waals surface area contributed by atoms with E-state index >= 15 is 0 Å². The Morgan fingerprint density at radius 3 is 2.36 bits per heavy atom. The van der Waals surface area contributed by atoms with Gasteiger partial charge in [-0.3, -0.25) is 24.6 Å². The van der Waals surface area contributed by atoms with Crippen molar-refractivity contribution in [1.29, 1.82) is 0 Å². The molecule has 0 aliphatic carbocycles. The Balaban J connectivity index is 1.22. The number of nitrogens with zero attached hydrogens (tertiary/aromatic N) is 4.